The molecule has 6 nitrogen and oxygen atoms in total. The van der Waals surface area contributed by atoms with Crippen molar-refractivity contribution in [1.29, 1.82) is 0 Å². The van der Waals surface area contributed by atoms with E-state index in [1.165, 1.54) is 23.9 Å². The molecule has 0 aliphatic heterocycles. The first-order valence-electron chi connectivity index (χ1n) is 13.2. The summed E-state index contributed by atoms with van der Waals surface area (Å²) in [6, 6.07) is 15.2. The lowest BCUT2D eigenvalue weighted by Crippen LogP contribution is -2.48. The van der Waals surface area contributed by atoms with Gasteiger partial charge in [0.25, 0.3) is 5.91 Å². The number of hydroxylamine groups is 2. The summed E-state index contributed by atoms with van der Waals surface area (Å²) in [5, 5.41) is 15.9. The number of hydrogen-bond donors (Lipinski definition) is 1. The van der Waals surface area contributed by atoms with Crippen LogP contribution in [-0.2, 0) is 22.8 Å². The third kappa shape index (κ3) is 9.15. The van der Waals surface area contributed by atoms with Crippen LogP contribution in [0, 0.1) is 18.6 Å². The number of hydrogen-bond acceptors (Lipinski definition) is 6. The second-order valence-electron chi connectivity index (χ2n) is 9.59. The fourth-order valence-corrected chi connectivity index (χ4v) is 4.76. The molecule has 3 aromatic rings. The van der Waals surface area contributed by atoms with Gasteiger partial charge in [-0.25, -0.2) is 8.78 Å². The smallest absolute Gasteiger partial charge is 0.252 e. The summed E-state index contributed by atoms with van der Waals surface area (Å²) in [4.78, 5) is 31.0. The number of nitrogens with one attached hydrogen (secondary N) is 1. The van der Waals surface area contributed by atoms with Crippen LogP contribution in [0.25, 0.3) is 11.1 Å². The number of halogens is 2. The SMILES string of the molecule is CCCCN(Cc1cc(F)cc(F)c1)OCc1ccc(C(=O)NC(CCSC)C(=O)[O-])c(-c2ccccc2C)c1. The van der Waals surface area contributed by atoms with Crippen molar-refractivity contribution >= 4 is 23.6 Å². The Hall–Kier alpha value is -3.27. The molecule has 0 radical (unpaired) electrons. The van der Waals surface area contributed by atoms with Crippen LogP contribution in [-0.4, -0.2) is 41.5 Å². The molecule has 0 fully saturated rings. The highest BCUT2D eigenvalue weighted by Crippen LogP contribution is 2.29. The van der Waals surface area contributed by atoms with Gasteiger partial charge in [0.2, 0.25) is 0 Å². The molecule has 0 spiro atoms. The van der Waals surface area contributed by atoms with Crippen LogP contribution < -0.4 is 10.4 Å². The molecule has 0 aliphatic carbocycles. The standard InChI is InChI=1S/C31H36F2N2O4S/c1-4-5-13-35(19-23-15-24(32)18-25(33)16-23)39-20-22-10-11-27(28(17-22)26-9-7-6-8-21(26)2)30(36)34-29(31(37)38)12-14-40-3/h6-11,15-18,29H,4-5,12-14,19-20H2,1-3H3,(H,34,36)(H,37,38)/p-1. The lowest BCUT2D eigenvalue weighted by atomic mass is 9.93. The maximum Gasteiger partial charge on any atom is 0.252 e. The number of carboxylic acids is 1. The van der Waals surface area contributed by atoms with E-state index in [-0.39, 0.29) is 19.6 Å². The van der Waals surface area contributed by atoms with Crippen molar-refractivity contribution in [2.75, 3.05) is 18.6 Å². The van der Waals surface area contributed by atoms with E-state index in [9.17, 15) is 23.5 Å². The molecule has 0 saturated carbocycles. The van der Waals surface area contributed by atoms with E-state index in [1.54, 1.807) is 17.2 Å². The highest BCUT2D eigenvalue weighted by atomic mass is 32.2. The van der Waals surface area contributed by atoms with Crippen LogP contribution >= 0.6 is 11.8 Å². The Morgan fingerprint density at radius 1 is 1.02 bits per heavy atom. The zero-order valence-corrected chi connectivity index (χ0v) is 23.9. The number of nitrogens with zero attached hydrogens (tertiary/aromatic N) is 1. The molecule has 0 aromatic heterocycles. The molecule has 1 N–H and O–H groups in total. The van der Waals surface area contributed by atoms with Gasteiger partial charge in [-0.15, -0.1) is 0 Å². The van der Waals surface area contributed by atoms with E-state index in [1.807, 2.05) is 50.4 Å². The normalized spacial score (nSPS) is 11.9. The minimum atomic E-state index is -1.32. The summed E-state index contributed by atoms with van der Waals surface area (Å²) in [7, 11) is 0. The number of carbonyl (C=O) groups is 2. The fraction of sp³-hybridized carbons (Fsp3) is 0.355. The molecule has 9 heteroatoms. The highest BCUT2D eigenvalue weighted by Gasteiger charge is 2.20. The van der Waals surface area contributed by atoms with Gasteiger partial charge >= 0.3 is 0 Å². The molecule has 1 unspecified atom stereocenters. The van der Waals surface area contributed by atoms with E-state index >= 15 is 0 Å². The summed E-state index contributed by atoms with van der Waals surface area (Å²) in [5.41, 5.74) is 4.01. The van der Waals surface area contributed by atoms with Gasteiger partial charge in [-0.05, 0) is 83.9 Å². The summed E-state index contributed by atoms with van der Waals surface area (Å²) in [6.07, 6.45) is 3.87. The number of amides is 1. The monoisotopic (exact) mass is 569 g/mol. The lowest BCUT2D eigenvalue weighted by molar-refractivity contribution is -0.308. The van der Waals surface area contributed by atoms with Gasteiger partial charge in [-0.3, -0.25) is 9.63 Å². The molecular formula is C31H35F2N2O4S-. The van der Waals surface area contributed by atoms with Gasteiger partial charge in [-0.1, -0.05) is 43.7 Å². The van der Waals surface area contributed by atoms with Gasteiger partial charge in [0.1, 0.15) is 11.6 Å². The Labute approximate surface area is 238 Å². The van der Waals surface area contributed by atoms with Crippen molar-refractivity contribution in [2.24, 2.45) is 0 Å². The molecule has 1 atom stereocenters. The van der Waals surface area contributed by atoms with Crippen molar-refractivity contribution < 1.29 is 28.3 Å². The number of rotatable bonds is 15. The lowest BCUT2D eigenvalue weighted by Gasteiger charge is -2.23. The number of benzene rings is 3. The van der Waals surface area contributed by atoms with Gasteiger partial charge < -0.3 is 15.2 Å². The average Bonchev–Trinajstić information content (AvgIpc) is 2.91. The third-order valence-electron chi connectivity index (χ3n) is 6.42. The molecule has 3 rings (SSSR count). The molecular weight excluding hydrogens is 534 g/mol. The van der Waals surface area contributed by atoms with Crippen molar-refractivity contribution in [3.63, 3.8) is 0 Å². The highest BCUT2D eigenvalue weighted by molar-refractivity contribution is 7.98. The zero-order chi connectivity index (χ0) is 29.1. The Bertz CT molecular complexity index is 1280. The number of aryl methyl sites for hydroxylation is 1. The average molecular weight is 570 g/mol. The van der Waals surface area contributed by atoms with Crippen molar-refractivity contribution in [3.05, 3.63) is 94.6 Å². The molecule has 3 aromatic carbocycles. The molecule has 0 saturated heterocycles. The summed E-state index contributed by atoms with van der Waals surface area (Å²) in [5.74, 6) is -2.54. The van der Waals surface area contributed by atoms with Crippen LogP contribution in [0.3, 0.4) is 0 Å². The fourth-order valence-electron chi connectivity index (χ4n) is 4.29. The van der Waals surface area contributed by atoms with E-state index in [0.717, 1.165) is 35.6 Å². The maximum absolute atomic E-state index is 13.7. The van der Waals surface area contributed by atoms with Crippen molar-refractivity contribution in [1.82, 2.24) is 10.4 Å². The maximum atomic E-state index is 13.7. The Balaban J connectivity index is 1.87. The quantitative estimate of drug-likeness (QED) is 0.251. The van der Waals surface area contributed by atoms with Gasteiger partial charge in [0.05, 0.1) is 18.6 Å². The van der Waals surface area contributed by atoms with Crippen LogP contribution in [0.1, 0.15) is 53.2 Å². The van der Waals surface area contributed by atoms with Crippen LogP contribution in [0.2, 0.25) is 0 Å². The molecule has 0 heterocycles. The third-order valence-corrected chi connectivity index (χ3v) is 7.06. The summed E-state index contributed by atoms with van der Waals surface area (Å²) >= 11 is 1.49. The number of carboxylic acid groups (broad SMARTS) is 1. The first-order valence-corrected chi connectivity index (χ1v) is 14.6. The Morgan fingerprint density at radius 3 is 2.40 bits per heavy atom. The van der Waals surface area contributed by atoms with E-state index in [4.69, 9.17) is 4.84 Å². The number of thioether (sulfide) groups is 1. The van der Waals surface area contributed by atoms with Gasteiger partial charge in [0.15, 0.2) is 0 Å². The molecule has 214 valence electrons. The second kappa shape index (κ2) is 15.5. The molecule has 0 aliphatic rings. The summed E-state index contributed by atoms with van der Waals surface area (Å²) in [6.45, 7) is 4.93. The number of aliphatic carboxylic acids is 1. The van der Waals surface area contributed by atoms with Crippen LogP contribution in [0.4, 0.5) is 8.78 Å². The zero-order valence-electron chi connectivity index (χ0n) is 23.0. The predicted molar refractivity (Wildman–Crippen MR) is 152 cm³/mol. The first-order chi connectivity index (χ1) is 19.2. The number of carbonyl (C=O) groups excluding carboxylic acids is 2. The van der Waals surface area contributed by atoms with E-state index in [2.05, 4.69) is 5.32 Å². The van der Waals surface area contributed by atoms with E-state index < -0.39 is 29.6 Å². The minimum Gasteiger partial charge on any atom is -0.548 e. The minimum absolute atomic E-state index is 0.164. The predicted octanol–water partition coefficient (Wildman–Crippen LogP) is 5.28. The topological polar surface area (TPSA) is 81.7 Å². The summed E-state index contributed by atoms with van der Waals surface area (Å²) < 4.78 is 27.5. The molecule has 0 bridgehead atoms. The first kappa shape index (κ1) is 31.3. The molecule has 1 amide bonds. The van der Waals surface area contributed by atoms with Crippen molar-refractivity contribution in [2.45, 2.75) is 52.3 Å². The van der Waals surface area contributed by atoms with Gasteiger partial charge in [0, 0.05) is 24.7 Å². The Morgan fingerprint density at radius 2 is 1.75 bits per heavy atom. The van der Waals surface area contributed by atoms with Crippen LogP contribution in [0.15, 0.2) is 60.7 Å². The molecule has 40 heavy (non-hydrogen) atoms. The van der Waals surface area contributed by atoms with E-state index in [0.29, 0.717) is 29.0 Å². The Kier molecular flexibility index (Phi) is 12.1. The van der Waals surface area contributed by atoms with Crippen LogP contribution in [0.5, 0.6) is 0 Å². The second-order valence-corrected chi connectivity index (χ2v) is 10.6. The van der Waals surface area contributed by atoms with Crippen molar-refractivity contribution in [3.8, 4) is 11.1 Å². The number of unbranched alkanes of at least 4 members (excludes halogenated alkanes) is 1. The van der Waals surface area contributed by atoms with Gasteiger partial charge in [-0.2, -0.15) is 16.8 Å². The largest absolute Gasteiger partial charge is 0.548 e.